The predicted octanol–water partition coefficient (Wildman–Crippen LogP) is 3.88. The summed E-state index contributed by atoms with van der Waals surface area (Å²) in [6.45, 7) is 2.04. The van der Waals surface area contributed by atoms with Gasteiger partial charge in [0.2, 0.25) is 0 Å². The number of rotatable bonds is 5. The maximum absolute atomic E-state index is 13.4. The molecule has 0 saturated carbocycles. The molecule has 0 heterocycles. The van der Waals surface area contributed by atoms with E-state index in [0.717, 1.165) is 6.42 Å². The average Bonchev–Trinajstić information content (AvgIpc) is 2.40. The fourth-order valence-electron chi connectivity index (χ4n) is 2.11. The molecule has 2 heteroatoms. The third-order valence-corrected chi connectivity index (χ3v) is 3.28. The van der Waals surface area contributed by atoms with Gasteiger partial charge in [-0.15, -0.1) is 0 Å². The van der Waals surface area contributed by atoms with E-state index in [4.69, 9.17) is 0 Å². The van der Waals surface area contributed by atoms with Gasteiger partial charge in [0.25, 0.3) is 0 Å². The van der Waals surface area contributed by atoms with Crippen molar-refractivity contribution in [2.24, 2.45) is 0 Å². The zero-order valence-corrected chi connectivity index (χ0v) is 11.0. The van der Waals surface area contributed by atoms with E-state index in [0.29, 0.717) is 12.0 Å². The van der Waals surface area contributed by atoms with Crippen LogP contribution in [0.3, 0.4) is 0 Å². The van der Waals surface area contributed by atoms with Crippen LogP contribution in [0.15, 0.2) is 48.5 Å². The number of hydrogen-bond acceptors (Lipinski definition) is 1. The topological polar surface area (TPSA) is 17.1 Å². The Bertz CT molecular complexity index is 575. The molecule has 0 fully saturated rings. The Labute approximate surface area is 113 Å². The van der Waals surface area contributed by atoms with Crippen molar-refractivity contribution < 1.29 is 9.18 Å². The normalized spacial score (nSPS) is 10.4. The number of hydrogen-bond donors (Lipinski definition) is 0. The lowest BCUT2D eigenvalue weighted by Gasteiger charge is -2.05. The molecule has 0 aliphatic carbocycles. The molecule has 0 unspecified atom stereocenters. The van der Waals surface area contributed by atoms with E-state index in [9.17, 15) is 9.18 Å². The van der Waals surface area contributed by atoms with Gasteiger partial charge in [-0.1, -0.05) is 42.5 Å². The number of Topliss-reactive ketones (excluding diaryl/α,β-unsaturated/α-hetero) is 1. The van der Waals surface area contributed by atoms with Crippen LogP contribution in [0.4, 0.5) is 4.39 Å². The van der Waals surface area contributed by atoms with Crippen molar-refractivity contribution in [2.75, 3.05) is 0 Å². The zero-order chi connectivity index (χ0) is 13.7. The van der Waals surface area contributed by atoms with Crippen LogP contribution < -0.4 is 0 Å². The first-order valence-corrected chi connectivity index (χ1v) is 6.46. The molecule has 0 N–H and O–H groups in total. The number of halogens is 1. The molecule has 0 aliphatic rings. The Hall–Kier alpha value is -1.96. The molecule has 19 heavy (non-hydrogen) atoms. The molecule has 0 aromatic heterocycles. The second kappa shape index (κ2) is 6.28. The largest absolute Gasteiger partial charge is 0.299 e. The van der Waals surface area contributed by atoms with Crippen LogP contribution in [0.2, 0.25) is 0 Å². The molecule has 0 radical (unpaired) electrons. The van der Waals surface area contributed by atoms with Crippen molar-refractivity contribution >= 4 is 5.78 Å². The molecule has 2 aromatic carbocycles. The summed E-state index contributed by atoms with van der Waals surface area (Å²) < 4.78 is 13.4. The second-order valence-electron chi connectivity index (χ2n) is 4.73. The first-order chi connectivity index (χ1) is 9.16. The maximum atomic E-state index is 13.4. The van der Waals surface area contributed by atoms with E-state index in [2.05, 4.69) is 0 Å². The highest BCUT2D eigenvalue weighted by Gasteiger charge is 2.08. The van der Waals surface area contributed by atoms with Crippen molar-refractivity contribution in [1.82, 2.24) is 0 Å². The van der Waals surface area contributed by atoms with Gasteiger partial charge >= 0.3 is 0 Å². The molecule has 98 valence electrons. The first kappa shape index (κ1) is 13.5. The van der Waals surface area contributed by atoms with Crippen molar-refractivity contribution in [3.63, 3.8) is 0 Å². The SMILES string of the molecule is Cc1ccccc1CCC(=O)Cc1ccccc1F. The number of aryl methyl sites for hydroxylation is 2. The molecule has 0 bridgehead atoms. The minimum absolute atomic E-state index is 0.0772. The molecular weight excluding hydrogens is 239 g/mol. The van der Waals surface area contributed by atoms with E-state index in [1.54, 1.807) is 18.2 Å². The van der Waals surface area contributed by atoms with E-state index < -0.39 is 0 Å². The second-order valence-corrected chi connectivity index (χ2v) is 4.73. The summed E-state index contributed by atoms with van der Waals surface area (Å²) in [4.78, 5) is 11.9. The number of ketones is 1. The Kier molecular flexibility index (Phi) is 4.45. The highest BCUT2D eigenvalue weighted by Crippen LogP contribution is 2.12. The molecule has 2 aromatic rings. The van der Waals surface area contributed by atoms with Crippen LogP contribution in [0.5, 0.6) is 0 Å². The number of carbonyl (C=O) groups is 1. The lowest BCUT2D eigenvalue weighted by molar-refractivity contribution is -0.118. The van der Waals surface area contributed by atoms with Crippen LogP contribution in [0, 0.1) is 12.7 Å². The summed E-state index contributed by atoms with van der Waals surface area (Å²) in [7, 11) is 0. The van der Waals surface area contributed by atoms with Crippen LogP contribution in [-0.2, 0) is 17.6 Å². The summed E-state index contributed by atoms with van der Waals surface area (Å²) in [5, 5.41) is 0. The third kappa shape index (κ3) is 3.75. The standard InChI is InChI=1S/C17H17FO/c1-13-6-2-3-7-14(13)10-11-16(19)12-15-8-4-5-9-17(15)18/h2-9H,10-12H2,1H3. The summed E-state index contributed by atoms with van der Waals surface area (Å²) in [6.07, 6.45) is 1.36. The van der Waals surface area contributed by atoms with Crippen molar-refractivity contribution in [3.8, 4) is 0 Å². The zero-order valence-electron chi connectivity index (χ0n) is 11.0. The Morgan fingerprint density at radius 1 is 1.00 bits per heavy atom. The van der Waals surface area contributed by atoms with Crippen molar-refractivity contribution in [3.05, 3.63) is 71.0 Å². The highest BCUT2D eigenvalue weighted by molar-refractivity contribution is 5.81. The van der Waals surface area contributed by atoms with Gasteiger partial charge in [-0.3, -0.25) is 4.79 Å². The highest BCUT2D eigenvalue weighted by atomic mass is 19.1. The monoisotopic (exact) mass is 256 g/mol. The molecule has 0 spiro atoms. The van der Waals surface area contributed by atoms with Gasteiger partial charge in [-0.05, 0) is 36.1 Å². The fraction of sp³-hybridized carbons (Fsp3) is 0.235. The van der Waals surface area contributed by atoms with Gasteiger partial charge in [-0.25, -0.2) is 4.39 Å². The van der Waals surface area contributed by atoms with Gasteiger partial charge in [0.05, 0.1) is 0 Å². The smallest absolute Gasteiger partial charge is 0.137 e. The Morgan fingerprint density at radius 2 is 1.63 bits per heavy atom. The van der Waals surface area contributed by atoms with Gasteiger partial charge in [0, 0.05) is 12.8 Å². The molecule has 0 atom stereocenters. The molecule has 1 nitrogen and oxygen atoms in total. The Morgan fingerprint density at radius 3 is 2.32 bits per heavy atom. The number of benzene rings is 2. The lowest BCUT2D eigenvalue weighted by atomic mass is 10.00. The van der Waals surface area contributed by atoms with Crippen molar-refractivity contribution in [1.29, 1.82) is 0 Å². The summed E-state index contributed by atoms with van der Waals surface area (Å²) in [6, 6.07) is 14.5. The van der Waals surface area contributed by atoms with Gasteiger partial charge < -0.3 is 0 Å². The summed E-state index contributed by atoms with van der Waals surface area (Å²) in [5.74, 6) is -0.222. The van der Waals surface area contributed by atoms with E-state index in [-0.39, 0.29) is 18.0 Å². The maximum Gasteiger partial charge on any atom is 0.137 e. The van der Waals surface area contributed by atoms with Crippen LogP contribution in [0.25, 0.3) is 0 Å². The number of carbonyl (C=O) groups excluding carboxylic acids is 1. The fourth-order valence-corrected chi connectivity index (χ4v) is 2.11. The summed E-state index contributed by atoms with van der Waals surface area (Å²) in [5.41, 5.74) is 2.86. The average molecular weight is 256 g/mol. The van der Waals surface area contributed by atoms with Gasteiger partial charge in [0.15, 0.2) is 0 Å². The first-order valence-electron chi connectivity index (χ1n) is 6.46. The molecule has 0 aliphatic heterocycles. The Balaban J connectivity index is 1.92. The van der Waals surface area contributed by atoms with Crippen molar-refractivity contribution in [2.45, 2.75) is 26.2 Å². The predicted molar refractivity (Wildman–Crippen MR) is 74.6 cm³/mol. The van der Waals surface area contributed by atoms with Crippen LogP contribution in [-0.4, -0.2) is 5.78 Å². The minimum atomic E-state index is -0.299. The van der Waals surface area contributed by atoms with Gasteiger partial charge in [-0.2, -0.15) is 0 Å². The van der Waals surface area contributed by atoms with E-state index in [1.165, 1.54) is 17.2 Å². The van der Waals surface area contributed by atoms with Crippen LogP contribution in [0.1, 0.15) is 23.1 Å². The third-order valence-electron chi connectivity index (χ3n) is 3.28. The van der Waals surface area contributed by atoms with Crippen LogP contribution >= 0.6 is 0 Å². The molecular formula is C17H17FO. The molecule has 2 rings (SSSR count). The summed E-state index contributed by atoms with van der Waals surface area (Å²) >= 11 is 0. The van der Waals surface area contributed by atoms with E-state index in [1.807, 2.05) is 31.2 Å². The molecule has 0 amide bonds. The minimum Gasteiger partial charge on any atom is -0.299 e. The molecule has 0 saturated heterocycles. The van der Waals surface area contributed by atoms with E-state index >= 15 is 0 Å². The lowest BCUT2D eigenvalue weighted by Crippen LogP contribution is -2.06. The quantitative estimate of drug-likeness (QED) is 0.793. The van der Waals surface area contributed by atoms with Gasteiger partial charge in [0.1, 0.15) is 11.6 Å².